The number of aliphatic hydroxyl groups is 1. The van der Waals surface area contributed by atoms with Gasteiger partial charge in [-0.2, -0.15) is 0 Å². The van der Waals surface area contributed by atoms with Gasteiger partial charge >= 0.3 is 5.97 Å². The van der Waals surface area contributed by atoms with E-state index in [9.17, 15) is 4.79 Å². The predicted octanol–water partition coefficient (Wildman–Crippen LogP) is 5.32. The number of carbonyl (C=O) groups excluding carboxylic acids is 1. The molecule has 3 aromatic rings. The summed E-state index contributed by atoms with van der Waals surface area (Å²) in [6, 6.07) is 22.4. The second-order valence-electron chi connectivity index (χ2n) is 7.15. The first-order valence-electron chi connectivity index (χ1n) is 9.85. The third-order valence-electron chi connectivity index (χ3n) is 4.76. The maximum atomic E-state index is 11.8. The van der Waals surface area contributed by atoms with Crippen LogP contribution in [0.2, 0.25) is 0 Å². The van der Waals surface area contributed by atoms with Crippen molar-refractivity contribution in [3.8, 4) is 28.0 Å². The van der Waals surface area contributed by atoms with Gasteiger partial charge in [0.1, 0.15) is 19.0 Å². The predicted molar refractivity (Wildman–Crippen MR) is 119 cm³/mol. The van der Waals surface area contributed by atoms with Crippen LogP contribution >= 0.6 is 0 Å². The average Bonchev–Trinajstić information content (AvgIpc) is 2.76. The van der Waals surface area contributed by atoms with Crippen LogP contribution < -0.4 is 4.74 Å². The van der Waals surface area contributed by atoms with E-state index in [1.54, 1.807) is 6.92 Å². The smallest absolute Gasteiger partial charge is 0.333 e. The van der Waals surface area contributed by atoms with Crippen molar-refractivity contribution in [2.75, 3.05) is 13.2 Å². The Kier molecular flexibility index (Phi) is 7.04. The first-order chi connectivity index (χ1) is 14.5. The fourth-order valence-corrected chi connectivity index (χ4v) is 3.22. The van der Waals surface area contributed by atoms with E-state index in [-0.39, 0.29) is 19.8 Å². The van der Waals surface area contributed by atoms with Crippen molar-refractivity contribution < 1.29 is 19.4 Å². The lowest BCUT2D eigenvalue weighted by atomic mass is 9.95. The van der Waals surface area contributed by atoms with Gasteiger partial charge < -0.3 is 14.6 Å². The Morgan fingerprint density at radius 3 is 2.37 bits per heavy atom. The maximum absolute atomic E-state index is 11.8. The molecule has 0 spiro atoms. The molecule has 4 nitrogen and oxygen atoms in total. The van der Waals surface area contributed by atoms with E-state index in [0.717, 1.165) is 27.8 Å². The second-order valence-corrected chi connectivity index (χ2v) is 7.15. The van der Waals surface area contributed by atoms with Gasteiger partial charge in [-0.05, 0) is 53.8 Å². The molecule has 3 rings (SSSR count). The highest BCUT2D eigenvalue weighted by Crippen LogP contribution is 2.32. The Labute approximate surface area is 177 Å². The minimum Gasteiger partial charge on any atom is -0.491 e. The molecule has 0 unspecified atom stereocenters. The van der Waals surface area contributed by atoms with Crippen molar-refractivity contribution in [1.82, 2.24) is 0 Å². The molecule has 0 fully saturated rings. The first kappa shape index (κ1) is 21.3. The largest absolute Gasteiger partial charge is 0.491 e. The molecular formula is C26H26O4. The van der Waals surface area contributed by atoms with Gasteiger partial charge in [0.2, 0.25) is 0 Å². The van der Waals surface area contributed by atoms with Crippen LogP contribution in [-0.2, 0) is 16.1 Å². The number of ether oxygens (including phenoxy) is 2. The Bertz CT molecular complexity index is 1040. The number of aryl methyl sites for hydroxylation is 1. The lowest BCUT2D eigenvalue weighted by Gasteiger charge is -2.15. The minimum absolute atomic E-state index is 0.0709. The molecule has 1 N–H and O–H groups in total. The molecule has 4 heteroatoms. The highest BCUT2D eigenvalue weighted by atomic mass is 16.5. The summed E-state index contributed by atoms with van der Waals surface area (Å²) in [5.41, 5.74) is 6.66. The van der Waals surface area contributed by atoms with Crippen molar-refractivity contribution in [1.29, 1.82) is 0 Å². The molecule has 30 heavy (non-hydrogen) atoms. The number of hydrogen-bond acceptors (Lipinski definition) is 4. The van der Waals surface area contributed by atoms with Crippen LogP contribution in [0.25, 0.3) is 22.3 Å². The topological polar surface area (TPSA) is 55.8 Å². The van der Waals surface area contributed by atoms with Gasteiger partial charge in [-0.15, -0.1) is 0 Å². The van der Waals surface area contributed by atoms with Crippen LogP contribution in [0.3, 0.4) is 0 Å². The highest BCUT2D eigenvalue weighted by Gasteiger charge is 2.12. The molecule has 0 bridgehead atoms. The van der Waals surface area contributed by atoms with Gasteiger partial charge in [0, 0.05) is 11.1 Å². The summed E-state index contributed by atoms with van der Waals surface area (Å²) in [7, 11) is 0. The van der Waals surface area contributed by atoms with E-state index in [2.05, 4.69) is 43.8 Å². The summed E-state index contributed by atoms with van der Waals surface area (Å²) >= 11 is 0. The minimum atomic E-state index is -0.447. The molecule has 0 amide bonds. The SMILES string of the molecule is C=C(C)C(=O)OCc1cc(-c2ccc(-c3ccccc3)cc2C)ccc1OCCO. The van der Waals surface area contributed by atoms with E-state index < -0.39 is 5.97 Å². The fourth-order valence-electron chi connectivity index (χ4n) is 3.22. The van der Waals surface area contributed by atoms with Crippen LogP contribution in [0.5, 0.6) is 5.75 Å². The van der Waals surface area contributed by atoms with Crippen molar-refractivity contribution in [2.45, 2.75) is 20.5 Å². The van der Waals surface area contributed by atoms with Gasteiger partial charge in [0.05, 0.1) is 6.61 Å². The Balaban J connectivity index is 1.92. The van der Waals surface area contributed by atoms with Gasteiger partial charge in [0.25, 0.3) is 0 Å². The summed E-state index contributed by atoms with van der Waals surface area (Å²) in [6.45, 7) is 7.46. The molecule has 0 aliphatic heterocycles. The van der Waals surface area contributed by atoms with Crippen molar-refractivity contribution in [3.05, 3.63) is 90.0 Å². The normalized spacial score (nSPS) is 10.5. The molecule has 0 aliphatic rings. The average molecular weight is 402 g/mol. The van der Waals surface area contributed by atoms with E-state index in [1.807, 2.05) is 36.4 Å². The van der Waals surface area contributed by atoms with E-state index in [0.29, 0.717) is 11.3 Å². The molecule has 0 radical (unpaired) electrons. The zero-order valence-corrected chi connectivity index (χ0v) is 17.4. The third kappa shape index (κ3) is 5.16. The molecule has 0 heterocycles. The molecule has 154 valence electrons. The molecule has 3 aromatic carbocycles. The van der Waals surface area contributed by atoms with Gasteiger partial charge in [-0.1, -0.05) is 61.2 Å². The number of benzene rings is 3. The summed E-state index contributed by atoms with van der Waals surface area (Å²) < 4.78 is 10.9. The molecule has 0 atom stereocenters. The summed E-state index contributed by atoms with van der Waals surface area (Å²) in [4.78, 5) is 11.8. The highest BCUT2D eigenvalue weighted by molar-refractivity contribution is 5.87. The monoisotopic (exact) mass is 402 g/mol. The summed E-state index contributed by atoms with van der Waals surface area (Å²) in [6.07, 6.45) is 0. The lowest BCUT2D eigenvalue weighted by Crippen LogP contribution is -2.08. The van der Waals surface area contributed by atoms with Crippen molar-refractivity contribution in [3.63, 3.8) is 0 Å². The van der Waals surface area contributed by atoms with E-state index in [1.165, 1.54) is 5.56 Å². The van der Waals surface area contributed by atoms with Crippen LogP contribution in [-0.4, -0.2) is 24.3 Å². The van der Waals surface area contributed by atoms with E-state index in [4.69, 9.17) is 14.6 Å². The number of esters is 1. The second kappa shape index (κ2) is 9.90. The Morgan fingerprint density at radius 1 is 0.967 bits per heavy atom. The molecular weight excluding hydrogens is 376 g/mol. The molecule has 0 aromatic heterocycles. The maximum Gasteiger partial charge on any atom is 0.333 e. The molecule has 0 saturated carbocycles. The van der Waals surface area contributed by atoms with Crippen LogP contribution in [0.4, 0.5) is 0 Å². The van der Waals surface area contributed by atoms with Crippen LogP contribution in [0.1, 0.15) is 18.1 Å². The molecule has 0 saturated heterocycles. The fraction of sp³-hybridized carbons (Fsp3) is 0.192. The zero-order chi connectivity index (χ0) is 21.5. The summed E-state index contributed by atoms with van der Waals surface area (Å²) in [5, 5.41) is 9.08. The van der Waals surface area contributed by atoms with Gasteiger partial charge in [-0.3, -0.25) is 0 Å². The molecule has 0 aliphatic carbocycles. The Morgan fingerprint density at radius 2 is 1.70 bits per heavy atom. The first-order valence-corrected chi connectivity index (χ1v) is 9.85. The number of hydrogen-bond donors (Lipinski definition) is 1. The third-order valence-corrected chi connectivity index (χ3v) is 4.76. The standard InChI is InChI=1S/C26H26O4/c1-18(2)26(28)30-17-23-16-22(10-12-25(23)29-14-13-27)24-11-9-21(15-19(24)3)20-7-5-4-6-8-20/h4-12,15-16,27H,1,13-14,17H2,2-3H3. The van der Waals surface area contributed by atoms with Crippen LogP contribution in [0, 0.1) is 6.92 Å². The van der Waals surface area contributed by atoms with Crippen LogP contribution in [0.15, 0.2) is 78.9 Å². The lowest BCUT2D eigenvalue weighted by molar-refractivity contribution is -0.140. The Hall–Kier alpha value is -3.37. The van der Waals surface area contributed by atoms with Crippen molar-refractivity contribution in [2.24, 2.45) is 0 Å². The van der Waals surface area contributed by atoms with E-state index >= 15 is 0 Å². The number of carbonyl (C=O) groups is 1. The number of aliphatic hydroxyl groups excluding tert-OH is 1. The van der Waals surface area contributed by atoms with Gasteiger partial charge in [-0.25, -0.2) is 4.79 Å². The number of rotatable bonds is 8. The summed E-state index contributed by atoms with van der Waals surface area (Å²) in [5.74, 6) is 0.137. The van der Waals surface area contributed by atoms with Crippen molar-refractivity contribution >= 4 is 5.97 Å². The van der Waals surface area contributed by atoms with Gasteiger partial charge in [0.15, 0.2) is 0 Å². The zero-order valence-electron chi connectivity index (χ0n) is 17.4. The quantitative estimate of drug-likeness (QED) is 0.409.